The lowest BCUT2D eigenvalue weighted by Gasteiger charge is -2.22. The Hall–Kier alpha value is -1.55. The van der Waals surface area contributed by atoms with E-state index in [-0.39, 0.29) is 5.41 Å². The smallest absolute Gasteiger partial charge is 0.333 e. The fourth-order valence-corrected chi connectivity index (χ4v) is 2.32. The number of carboxylic acid groups (broad SMARTS) is 1. The highest BCUT2D eigenvalue weighted by molar-refractivity contribution is 5.76. The average Bonchev–Trinajstić information content (AvgIpc) is 3.11. The molecule has 1 aliphatic rings. The molecule has 1 aromatic rings. The largest absolute Gasteiger partial charge is 0.497 e. The first-order valence-corrected chi connectivity index (χ1v) is 5.54. The van der Waals surface area contributed by atoms with Gasteiger partial charge in [-0.05, 0) is 30.5 Å². The van der Waals surface area contributed by atoms with Crippen molar-refractivity contribution in [2.75, 3.05) is 14.2 Å². The molecule has 1 atom stereocenters. The number of ether oxygens (including phenoxy) is 2. The van der Waals surface area contributed by atoms with Gasteiger partial charge in [0.2, 0.25) is 0 Å². The van der Waals surface area contributed by atoms with Crippen LogP contribution in [0.3, 0.4) is 0 Å². The first-order valence-electron chi connectivity index (χ1n) is 5.54. The van der Waals surface area contributed by atoms with Gasteiger partial charge in [-0.25, -0.2) is 4.79 Å². The van der Waals surface area contributed by atoms with E-state index in [1.807, 2.05) is 24.3 Å². The summed E-state index contributed by atoms with van der Waals surface area (Å²) in [7, 11) is 3.06. The lowest BCUT2D eigenvalue weighted by Crippen LogP contribution is -2.35. The molecule has 1 unspecified atom stereocenters. The topological polar surface area (TPSA) is 55.8 Å². The Morgan fingerprint density at radius 3 is 2.24 bits per heavy atom. The number of rotatable bonds is 5. The molecule has 1 aliphatic carbocycles. The molecule has 1 N–H and O–H groups in total. The van der Waals surface area contributed by atoms with Crippen molar-refractivity contribution in [3.05, 3.63) is 29.8 Å². The Kier molecular flexibility index (Phi) is 3.07. The monoisotopic (exact) mass is 236 g/mol. The van der Waals surface area contributed by atoms with Crippen molar-refractivity contribution in [3.8, 4) is 5.75 Å². The van der Waals surface area contributed by atoms with Crippen molar-refractivity contribution >= 4 is 5.97 Å². The van der Waals surface area contributed by atoms with Crippen LogP contribution in [0.2, 0.25) is 0 Å². The van der Waals surface area contributed by atoms with Gasteiger partial charge in [-0.3, -0.25) is 0 Å². The molecule has 0 spiro atoms. The molecule has 0 bridgehead atoms. The summed E-state index contributed by atoms with van der Waals surface area (Å²) in [6, 6.07) is 7.54. The number of benzene rings is 1. The van der Waals surface area contributed by atoms with Crippen LogP contribution in [0.15, 0.2) is 24.3 Å². The number of hydrogen-bond acceptors (Lipinski definition) is 3. The van der Waals surface area contributed by atoms with Crippen LogP contribution < -0.4 is 4.74 Å². The van der Waals surface area contributed by atoms with Crippen LogP contribution in [0.4, 0.5) is 0 Å². The second kappa shape index (κ2) is 4.37. The predicted octanol–water partition coefficient (Wildman–Crippen LogP) is 1.83. The third-order valence-corrected chi connectivity index (χ3v) is 3.42. The predicted molar refractivity (Wildman–Crippen MR) is 62.3 cm³/mol. The number of carboxylic acids is 1. The zero-order valence-electron chi connectivity index (χ0n) is 9.97. The average molecular weight is 236 g/mol. The van der Waals surface area contributed by atoms with Crippen LogP contribution in [0.5, 0.6) is 5.75 Å². The molecule has 92 valence electrons. The van der Waals surface area contributed by atoms with Crippen molar-refractivity contribution < 1.29 is 19.4 Å². The molecule has 0 radical (unpaired) electrons. The Morgan fingerprint density at radius 2 is 1.88 bits per heavy atom. The van der Waals surface area contributed by atoms with Crippen LogP contribution in [0.25, 0.3) is 0 Å². The van der Waals surface area contributed by atoms with Gasteiger partial charge in [-0.1, -0.05) is 12.1 Å². The van der Waals surface area contributed by atoms with Gasteiger partial charge in [0.25, 0.3) is 0 Å². The highest BCUT2D eigenvalue weighted by Crippen LogP contribution is 2.52. The molecule has 1 saturated carbocycles. The third-order valence-electron chi connectivity index (χ3n) is 3.42. The Balaban J connectivity index is 2.28. The minimum Gasteiger partial charge on any atom is -0.497 e. The zero-order valence-corrected chi connectivity index (χ0v) is 9.97. The van der Waals surface area contributed by atoms with E-state index in [0.717, 1.165) is 24.2 Å². The number of aliphatic carboxylic acids is 1. The second-order valence-corrected chi connectivity index (χ2v) is 4.34. The van der Waals surface area contributed by atoms with Crippen LogP contribution in [-0.4, -0.2) is 31.4 Å². The van der Waals surface area contributed by atoms with Crippen molar-refractivity contribution in [3.63, 3.8) is 0 Å². The normalized spacial score (nSPS) is 18.5. The summed E-state index contributed by atoms with van der Waals surface area (Å²) in [6.45, 7) is 0. The lowest BCUT2D eigenvalue weighted by atomic mass is 9.90. The van der Waals surface area contributed by atoms with Crippen LogP contribution >= 0.6 is 0 Å². The van der Waals surface area contributed by atoms with Gasteiger partial charge in [0.15, 0.2) is 6.10 Å². The third kappa shape index (κ3) is 2.00. The van der Waals surface area contributed by atoms with Crippen LogP contribution in [0, 0.1) is 0 Å². The van der Waals surface area contributed by atoms with E-state index >= 15 is 0 Å². The van der Waals surface area contributed by atoms with Gasteiger partial charge in [0, 0.05) is 12.5 Å². The first kappa shape index (κ1) is 11.9. The van der Waals surface area contributed by atoms with E-state index in [1.54, 1.807) is 7.11 Å². The van der Waals surface area contributed by atoms with Crippen molar-refractivity contribution in [1.82, 2.24) is 0 Å². The SMILES string of the molecule is COc1ccc(C2(C(OC)C(=O)O)CC2)cc1. The molecule has 0 aliphatic heterocycles. The minimum atomic E-state index is -0.902. The summed E-state index contributed by atoms with van der Waals surface area (Å²) in [6.07, 6.45) is 0.935. The molecule has 0 amide bonds. The molecule has 0 heterocycles. The van der Waals surface area contributed by atoms with E-state index < -0.39 is 12.1 Å². The highest BCUT2D eigenvalue weighted by Gasteiger charge is 2.54. The fourth-order valence-electron chi connectivity index (χ4n) is 2.32. The van der Waals surface area contributed by atoms with Crippen molar-refractivity contribution in [1.29, 1.82) is 0 Å². The van der Waals surface area contributed by atoms with E-state index in [9.17, 15) is 4.79 Å². The Morgan fingerprint density at radius 1 is 1.29 bits per heavy atom. The second-order valence-electron chi connectivity index (χ2n) is 4.34. The molecule has 0 saturated heterocycles. The molecule has 1 fully saturated rings. The number of carbonyl (C=O) groups is 1. The summed E-state index contributed by atoms with van der Waals surface area (Å²) >= 11 is 0. The van der Waals surface area contributed by atoms with Gasteiger partial charge in [0.1, 0.15) is 5.75 Å². The van der Waals surface area contributed by atoms with Crippen molar-refractivity contribution in [2.45, 2.75) is 24.4 Å². The number of hydrogen-bond donors (Lipinski definition) is 1. The van der Waals surface area contributed by atoms with Gasteiger partial charge in [0.05, 0.1) is 7.11 Å². The maximum atomic E-state index is 11.2. The Bertz CT molecular complexity index is 406. The molecule has 17 heavy (non-hydrogen) atoms. The zero-order chi connectivity index (χ0) is 12.5. The maximum absolute atomic E-state index is 11.2. The van der Waals surface area contributed by atoms with E-state index in [0.29, 0.717) is 0 Å². The standard InChI is InChI=1S/C13H16O4/c1-16-10-5-3-9(4-6-10)13(7-8-13)11(17-2)12(14)15/h3-6,11H,7-8H2,1-2H3,(H,14,15). The lowest BCUT2D eigenvalue weighted by molar-refractivity contribution is -0.150. The molecular formula is C13H16O4. The highest BCUT2D eigenvalue weighted by atomic mass is 16.5. The molecular weight excluding hydrogens is 220 g/mol. The van der Waals surface area contributed by atoms with Gasteiger partial charge < -0.3 is 14.6 Å². The van der Waals surface area contributed by atoms with E-state index in [1.165, 1.54) is 7.11 Å². The summed E-state index contributed by atoms with van der Waals surface area (Å²) in [5.41, 5.74) is 0.653. The van der Waals surface area contributed by atoms with Gasteiger partial charge in [-0.15, -0.1) is 0 Å². The summed E-state index contributed by atoms with van der Waals surface area (Å²) < 4.78 is 10.2. The van der Waals surface area contributed by atoms with Gasteiger partial charge >= 0.3 is 5.97 Å². The summed E-state index contributed by atoms with van der Waals surface area (Å²) in [5, 5.41) is 9.16. The van der Waals surface area contributed by atoms with Crippen LogP contribution in [0.1, 0.15) is 18.4 Å². The minimum absolute atomic E-state index is 0.354. The maximum Gasteiger partial charge on any atom is 0.333 e. The molecule has 4 nitrogen and oxygen atoms in total. The molecule has 0 aromatic heterocycles. The number of methoxy groups -OCH3 is 2. The van der Waals surface area contributed by atoms with E-state index in [4.69, 9.17) is 14.6 Å². The quantitative estimate of drug-likeness (QED) is 0.847. The van der Waals surface area contributed by atoms with Gasteiger partial charge in [-0.2, -0.15) is 0 Å². The molecule has 2 rings (SSSR count). The molecule has 4 heteroatoms. The summed E-state index contributed by atoms with van der Waals surface area (Å²) in [4.78, 5) is 11.2. The van der Waals surface area contributed by atoms with E-state index in [2.05, 4.69) is 0 Å². The van der Waals surface area contributed by atoms with Crippen LogP contribution in [-0.2, 0) is 14.9 Å². The first-order chi connectivity index (χ1) is 8.14. The molecule has 1 aromatic carbocycles. The fraction of sp³-hybridized carbons (Fsp3) is 0.462. The summed E-state index contributed by atoms with van der Waals surface area (Å²) in [5.74, 6) is -0.130. The van der Waals surface area contributed by atoms with Crippen molar-refractivity contribution in [2.24, 2.45) is 0 Å². The Labute approximate surface area is 100 Å².